The summed E-state index contributed by atoms with van der Waals surface area (Å²) >= 11 is 12.7. The number of hydrogen-bond acceptors (Lipinski definition) is 5. The van der Waals surface area contributed by atoms with E-state index in [2.05, 4.69) is 25.5 Å². The molecule has 2 amide bonds. The Morgan fingerprint density at radius 3 is 1.54 bits per heavy atom. The average molecular weight is 703 g/mol. The van der Waals surface area contributed by atoms with Crippen molar-refractivity contribution in [1.82, 2.24) is 35.5 Å². The zero-order chi connectivity index (χ0) is 34.4. The van der Waals surface area contributed by atoms with Crippen LogP contribution < -0.4 is 10.6 Å². The highest BCUT2D eigenvalue weighted by Gasteiger charge is 2.21. The number of nitrogens with one attached hydrogen (secondary N) is 4. The number of nitrogens with zero attached hydrogens (tertiary/aromatic N) is 3. The van der Waals surface area contributed by atoms with Crippen LogP contribution in [0.4, 0.5) is 0 Å². The van der Waals surface area contributed by atoms with Crippen molar-refractivity contribution in [2.75, 3.05) is 33.2 Å². The molecule has 9 nitrogen and oxygen atoms in total. The molecule has 0 saturated carbocycles. The molecular formula is C39H33Cl2N7O2. The smallest absolute Gasteiger partial charge is 0.254 e. The molecule has 8 aromatic rings. The summed E-state index contributed by atoms with van der Waals surface area (Å²) in [7, 11) is 2.04. The lowest BCUT2D eigenvalue weighted by Crippen LogP contribution is -2.31. The summed E-state index contributed by atoms with van der Waals surface area (Å²) in [6, 6.07) is 26.7. The van der Waals surface area contributed by atoms with Crippen LogP contribution >= 0.6 is 23.2 Å². The van der Waals surface area contributed by atoms with Crippen molar-refractivity contribution in [3.63, 3.8) is 0 Å². The van der Waals surface area contributed by atoms with E-state index in [1.165, 1.54) is 0 Å². The van der Waals surface area contributed by atoms with E-state index in [0.717, 1.165) is 69.8 Å². The van der Waals surface area contributed by atoms with Crippen LogP contribution in [0.2, 0.25) is 10.0 Å². The highest BCUT2D eigenvalue weighted by Crippen LogP contribution is 2.34. The van der Waals surface area contributed by atoms with Crippen LogP contribution in [0.3, 0.4) is 0 Å². The predicted octanol–water partition coefficient (Wildman–Crippen LogP) is 8.23. The fourth-order valence-corrected chi connectivity index (χ4v) is 7.18. The number of H-pyrrole nitrogens is 2. The highest BCUT2D eigenvalue weighted by molar-refractivity contribution is 6.32. The van der Waals surface area contributed by atoms with Gasteiger partial charge in [-0.15, -0.1) is 0 Å². The summed E-state index contributed by atoms with van der Waals surface area (Å²) < 4.78 is 0. The number of aromatic nitrogens is 4. The lowest BCUT2D eigenvalue weighted by molar-refractivity contribution is 0.0948. The van der Waals surface area contributed by atoms with E-state index in [0.29, 0.717) is 56.1 Å². The third kappa shape index (κ3) is 5.87. The SMILES string of the molecule is CN(CCCNC(=O)c1c2cc(Cl)ccc2nc2c1[nH]c1ccccc12)CCCNC(=O)c1c2cc(Cl)ccc2nc2c1[nH]c1ccccc12. The van der Waals surface area contributed by atoms with Crippen molar-refractivity contribution in [2.45, 2.75) is 12.8 Å². The first kappa shape index (κ1) is 32.0. The minimum absolute atomic E-state index is 0.171. The molecule has 4 N–H and O–H groups in total. The molecule has 0 aliphatic carbocycles. The Morgan fingerprint density at radius 2 is 1.08 bits per heavy atom. The molecule has 4 aromatic carbocycles. The zero-order valence-corrected chi connectivity index (χ0v) is 28.8. The molecule has 50 heavy (non-hydrogen) atoms. The van der Waals surface area contributed by atoms with Gasteiger partial charge in [0.15, 0.2) is 0 Å². The monoisotopic (exact) mass is 701 g/mol. The Bertz CT molecular complexity index is 2430. The van der Waals surface area contributed by atoms with E-state index in [9.17, 15) is 9.59 Å². The van der Waals surface area contributed by atoms with E-state index in [4.69, 9.17) is 33.2 Å². The van der Waals surface area contributed by atoms with E-state index >= 15 is 0 Å². The third-order valence-corrected chi connectivity index (χ3v) is 9.71. The maximum absolute atomic E-state index is 13.7. The van der Waals surface area contributed by atoms with Crippen LogP contribution in [-0.4, -0.2) is 69.9 Å². The number of aromatic amines is 2. The molecule has 8 rings (SSSR count). The van der Waals surface area contributed by atoms with Gasteiger partial charge in [-0.1, -0.05) is 59.6 Å². The Balaban J connectivity index is 0.890. The number of carbonyl (C=O) groups excluding carboxylic acids is 2. The normalized spacial score (nSPS) is 11.9. The third-order valence-electron chi connectivity index (χ3n) is 9.24. The summed E-state index contributed by atoms with van der Waals surface area (Å²) in [5, 5.41) is 10.7. The van der Waals surface area contributed by atoms with Crippen molar-refractivity contribution < 1.29 is 9.59 Å². The number of rotatable bonds is 10. The fourth-order valence-electron chi connectivity index (χ4n) is 6.83. The second kappa shape index (κ2) is 13.2. The second-order valence-corrected chi connectivity index (χ2v) is 13.5. The minimum Gasteiger partial charge on any atom is -0.353 e. The van der Waals surface area contributed by atoms with Gasteiger partial charge in [0.05, 0.1) is 44.2 Å². The van der Waals surface area contributed by atoms with Gasteiger partial charge in [-0.05, 0) is 81.5 Å². The summed E-state index contributed by atoms with van der Waals surface area (Å²) in [4.78, 5) is 46.1. The first-order valence-electron chi connectivity index (χ1n) is 16.6. The molecule has 0 unspecified atom stereocenters. The van der Waals surface area contributed by atoms with Crippen molar-refractivity contribution in [2.24, 2.45) is 0 Å². The van der Waals surface area contributed by atoms with Gasteiger partial charge in [-0.2, -0.15) is 0 Å². The van der Waals surface area contributed by atoms with Gasteiger partial charge >= 0.3 is 0 Å². The molecule has 0 saturated heterocycles. The first-order chi connectivity index (χ1) is 24.4. The van der Waals surface area contributed by atoms with Crippen LogP contribution in [0, 0.1) is 0 Å². The summed E-state index contributed by atoms with van der Waals surface area (Å²) in [6.45, 7) is 2.57. The fraction of sp³-hybridized carbons (Fsp3) is 0.179. The Morgan fingerprint density at radius 1 is 0.640 bits per heavy atom. The van der Waals surface area contributed by atoms with Crippen LogP contribution in [0.15, 0.2) is 84.9 Å². The Kier molecular flexibility index (Phi) is 8.48. The Hall–Kier alpha value is -5.22. The van der Waals surface area contributed by atoms with Gasteiger partial charge in [0.25, 0.3) is 11.8 Å². The van der Waals surface area contributed by atoms with E-state index < -0.39 is 0 Å². The number of fused-ring (bicyclic) bond motifs is 8. The quantitative estimate of drug-likeness (QED) is 0.107. The van der Waals surface area contributed by atoms with Crippen molar-refractivity contribution >= 4 is 101 Å². The number of carbonyl (C=O) groups is 2. The molecule has 11 heteroatoms. The van der Waals surface area contributed by atoms with Crippen LogP contribution in [0.25, 0.3) is 65.7 Å². The van der Waals surface area contributed by atoms with Crippen LogP contribution in [-0.2, 0) is 0 Å². The van der Waals surface area contributed by atoms with Crippen molar-refractivity contribution in [3.8, 4) is 0 Å². The highest BCUT2D eigenvalue weighted by atomic mass is 35.5. The van der Waals surface area contributed by atoms with Crippen LogP contribution in [0.1, 0.15) is 33.6 Å². The average Bonchev–Trinajstić information content (AvgIpc) is 3.67. The standard InChI is InChI=1S/C39H33Cl2N7O2/c1-48(18-6-16-42-38(49)32-26-20-22(40)12-14-30(26)44-34-24-8-2-4-10-28(24)46-36(32)34)19-7-17-43-39(50)33-27-21-23(41)13-15-31(27)45-35-25-9-3-5-11-29(25)47-37(33)35/h2-5,8-15,20-21,46-47H,6-7,16-19H2,1H3,(H,42,49)(H,43,50). The molecule has 0 spiro atoms. The number of halogens is 2. The van der Waals surface area contributed by atoms with Crippen molar-refractivity contribution in [3.05, 3.63) is 106 Å². The van der Waals surface area contributed by atoms with Gasteiger partial charge in [0, 0.05) is 55.7 Å². The van der Waals surface area contributed by atoms with E-state index in [1.807, 2.05) is 67.7 Å². The molecule has 0 fully saturated rings. The summed E-state index contributed by atoms with van der Waals surface area (Å²) in [6.07, 6.45) is 1.52. The molecule has 0 aliphatic heterocycles. The molecular weight excluding hydrogens is 669 g/mol. The minimum atomic E-state index is -0.171. The molecule has 0 bridgehead atoms. The van der Waals surface area contributed by atoms with Gasteiger partial charge < -0.3 is 25.5 Å². The molecule has 4 aromatic heterocycles. The Labute approximate surface area is 297 Å². The lowest BCUT2D eigenvalue weighted by atomic mass is 10.1. The van der Waals surface area contributed by atoms with Gasteiger partial charge in [-0.25, -0.2) is 9.97 Å². The molecule has 0 radical (unpaired) electrons. The molecule has 0 aliphatic rings. The van der Waals surface area contributed by atoms with Gasteiger partial charge in [0.2, 0.25) is 0 Å². The number of pyridine rings is 2. The molecule has 0 atom stereocenters. The van der Waals surface area contributed by atoms with Gasteiger partial charge in [-0.3, -0.25) is 9.59 Å². The zero-order valence-electron chi connectivity index (χ0n) is 27.2. The number of amides is 2. The second-order valence-electron chi connectivity index (χ2n) is 12.6. The number of para-hydroxylation sites is 2. The largest absolute Gasteiger partial charge is 0.353 e. The van der Waals surface area contributed by atoms with Gasteiger partial charge in [0.1, 0.15) is 0 Å². The summed E-state index contributed by atoms with van der Waals surface area (Å²) in [5.41, 5.74) is 7.30. The molecule has 4 heterocycles. The molecule has 250 valence electrons. The summed E-state index contributed by atoms with van der Waals surface area (Å²) in [5.74, 6) is -0.342. The lowest BCUT2D eigenvalue weighted by Gasteiger charge is -2.17. The van der Waals surface area contributed by atoms with E-state index in [1.54, 1.807) is 24.3 Å². The topological polar surface area (TPSA) is 119 Å². The first-order valence-corrected chi connectivity index (χ1v) is 17.4. The predicted molar refractivity (Wildman–Crippen MR) is 204 cm³/mol. The van der Waals surface area contributed by atoms with Crippen LogP contribution in [0.5, 0.6) is 0 Å². The maximum Gasteiger partial charge on any atom is 0.254 e. The van der Waals surface area contributed by atoms with E-state index in [-0.39, 0.29) is 11.8 Å². The van der Waals surface area contributed by atoms with Crippen molar-refractivity contribution in [1.29, 1.82) is 0 Å². The number of hydrogen-bond donors (Lipinski definition) is 4. The maximum atomic E-state index is 13.7. The number of benzene rings is 4.